The number of thioether (sulfide) groups is 1. The summed E-state index contributed by atoms with van der Waals surface area (Å²) in [4.78, 5) is 12.4. The third-order valence-electron chi connectivity index (χ3n) is 4.57. The van der Waals surface area contributed by atoms with Crippen LogP contribution >= 0.6 is 11.8 Å². The van der Waals surface area contributed by atoms with Crippen molar-refractivity contribution < 1.29 is 22.4 Å². The SMILES string of the molecule is O=C(CSc1nnc(-c2ccccc2F)n1-c1ccccc1)Nc1cccc(C(F)(F)F)c1. The fourth-order valence-electron chi connectivity index (χ4n) is 3.09. The molecule has 168 valence electrons. The Morgan fingerprint density at radius 3 is 2.39 bits per heavy atom. The number of hydrogen-bond donors (Lipinski definition) is 1. The Kier molecular flexibility index (Phi) is 6.45. The molecule has 4 aromatic rings. The number of amides is 1. The molecule has 0 aliphatic heterocycles. The predicted octanol–water partition coefficient (Wildman–Crippen LogP) is 5.82. The molecule has 5 nitrogen and oxygen atoms in total. The van der Waals surface area contributed by atoms with E-state index in [0.717, 1.165) is 23.9 Å². The molecule has 0 unspecified atom stereocenters. The molecule has 1 heterocycles. The number of rotatable bonds is 6. The van der Waals surface area contributed by atoms with Crippen molar-refractivity contribution >= 4 is 23.4 Å². The number of benzene rings is 3. The van der Waals surface area contributed by atoms with Crippen molar-refractivity contribution in [1.29, 1.82) is 0 Å². The minimum atomic E-state index is -4.51. The fraction of sp³-hybridized carbons (Fsp3) is 0.0870. The van der Waals surface area contributed by atoms with E-state index in [4.69, 9.17) is 0 Å². The number of anilines is 1. The summed E-state index contributed by atoms with van der Waals surface area (Å²) in [5.74, 6) is -0.867. The molecule has 1 amide bonds. The van der Waals surface area contributed by atoms with Crippen LogP contribution in [0.3, 0.4) is 0 Å². The maximum atomic E-state index is 14.4. The van der Waals surface area contributed by atoms with Gasteiger partial charge in [-0.2, -0.15) is 13.2 Å². The number of carbonyl (C=O) groups excluding carboxylic acids is 1. The Hall–Kier alpha value is -3.66. The Labute approximate surface area is 190 Å². The summed E-state index contributed by atoms with van der Waals surface area (Å²) in [6.07, 6.45) is -4.51. The van der Waals surface area contributed by atoms with Crippen molar-refractivity contribution in [2.24, 2.45) is 0 Å². The molecule has 3 aromatic carbocycles. The quantitative estimate of drug-likeness (QED) is 0.284. The minimum absolute atomic E-state index is 0.0343. The maximum Gasteiger partial charge on any atom is 0.416 e. The highest BCUT2D eigenvalue weighted by molar-refractivity contribution is 7.99. The molecule has 0 bridgehead atoms. The highest BCUT2D eigenvalue weighted by atomic mass is 32.2. The van der Waals surface area contributed by atoms with E-state index in [2.05, 4.69) is 15.5 Å². The van der Waals surface area contributed by atoms with E-state index in [9.17, 15) is 22.4 Å². The van der Waals surface area contributed by atoms with Gasteiger partial charge in [0.1, 0.15) is 5.82 Å². The average molecular weight is 472 g/mol. The second kappa shape index (κ2) is 9.45. The zero-order chi connectivity index (χ0) is 23.4. The summed E-state index contributed by atoms with van der Waals surface area (Å²) < 4.78 is 54.7. The Bertz CT molecular complexity index is 1270. The van der Waals surface area contributed by atoms with Crippen molar-refractivity contribution in [3.63, 3.8) is 0 Å². The molecule has 0 aliphatic rings. The van der Waals surface area contributed by atoms with Crippen molar-refractivity contribution in [3.8, 4) is 17.1 Å². The first-order valence-corrected chi connectivity index (χ1v) is 10.7. The van der Waals surface area contributed by atoms with Gasteiger partial charge in [0.2, 0.25) is 5.91 Å². The van der Waals surface area contributed by atoms with Crippen molar-refractivity contribution in [3.05, 3.63) is 90.2 Å². The standard InChI is InChI=1S/C23H16F4N4OS/c24-19-12-5-4-11-18(19)21-29-30-22(31(21)17-9-2-1-3-10-17)33-14-20(32)28-16-8-6-7-15(13-16)23(25,26)27/h1-13H,14H2,(H,28,32). The summed E-state index contributed by atoms with van der Waals surface area (Å²) in [6, 6.07) is 19.5. The summed E-state index contributed by atoms with van der Waals surface area (Å²) in [5.41, 5.74) is 0.0916. The van der Waals surface area contributed by atoms with Gasteiger partial charge >= 0.3 is 6.18 Å². The van der Waals surface area contributed by atoms with Gasteiger partial charge < -0.3 is 5.32 Å². The van der Waals surface area contributed by atoms with Crippen LogP contribution in [-0.2, 0) is 11.0 Å². The number of para-hydroxylation sites is 1. The predicted molar refractivity (Wildman–Crippen MR) is 118 cm³/mol. The van der Waals surface area contributed by atoms with E-state index < -0.39 is 23.5 Å². The molecule has 0 saturated carbocycles. The van der Waals surface area contributed by atoms with E-state index >= 15 is 0 Å². The van der Waals surface area contributed by atoms with Crippen LogP contribution in [0.25, 0.3) is 17.1 Å². The van der Waals surface area contributed by atoms with E-state index in [0.29, 0.717) is 10.8 Å². The van der Waals surface area contributed by atoms with E-state index in [1.165, 1.54) is 18.2 Å². The summed E-state index contributed by atoms with van der Waals surface area (Å²) in [6.45, 7) is 0. The van der Waals surface area contributed by atoms with Crippen LogP contribution < -0.4 is 5.32 Å². The molecule has 0 fully saturated rings. The van der Waals surface area contributed by atoms with Gasteiger partial charge in [0.15, 0.2) is 11.0 Å². The number of carbonyl (C=O) groups is 1. The second-order valence-corrected chi connectivity index (χ2v) is 7.81. The van der Waals surface area contributed by atoms with Crippen molar-refractivity contribution in [2.75, 3.05) is 11.1 Å². The zero-order valence-electron chi connectivity index (χ0n) is 16.9. The maximum absolute atomic E-state index is 14.4. The Morgan fingerprint density at radius 2 is 1.67 bits per heavy atom. The summed E-state index contributed by atoms with van der Waals surface area (Å²) in [7, 11) is 0. The molecular formula is C23H16F4N4OS. The van der Waals surface area contributed by atoms with Gasteiger partial charge in [-0.25, -0.2) is 4.39 Å². The minimum Gasteiger partial charge on any atom is -0.325 e. The van der Waals surface area contributed by atoms with Crippen LogP contribution in [0.2, 0.25) is 0 Å². The Morgan fingerprint density at radius 1 is 0.939 bits per heavy atom. The largest absolute Gasteiger partial charge is 0.416 e. The monoisotopic (exact) mass is 472 g/mol. The van der Waals surface area contributed by atoms with Crippen LogP contribution in [0.5, 0.6) is 0 Å². The first-order chi connectivity index (χ1) is 15.8. The first-order valence-electron chi connectivity index (χ1n) is 9.68. The van der Waals surface area contributed by atoms with Crippen LogP contribution in [0.15, 0.2) is 84.0 Å². The molecule has 33 heavy (non-hydrogen) atoms. The highest BCUT2D eigenvalue weighted by Gasteiger charge is 2.30. The smallest absolute Gasteiger partial charge is 0.325 e. The van der Waals surface area contributed by atoms with E-state index in [-0.39, 0.29) is 22.8 Å². The van der Waals surface area contributed by atoms with Gasteiger partial charge in [-0.15, -0.1) is 10.2 Å². The average Bonchev–Trinajstić information content (AvgIpc) is 3.22. The van der Waals surface area contributed by atoms with Crippen molar-refractivity contribution in [1.82, 2.24) is 14.8 Å². The Balaban J connectivity index is 1.57. The van der Waals surface area contributed by atoms with Crippen LogP contribution in [0, 0.1) is 5.82 Å². The molecule has 0 aliphatic carbocycles. The molecule has 1 aromatic heterocycles. The van der Waals surface area contributed by atoms with Gasteiger partial charge in [-0.1, -0.05) is 48.2 Å². The number of alkyl halides is 3. The van der Waals surface area contributed by atoms with Crippen LogP contribution in [0.1, 0.15) is 5.56 Å². The number of nitrogens with one attached hydrogen (secondary N) is 1. The van der Waals surface area contributed by atoms with Crippen molar-refractivity contribution in [2.45, 2.75) is 11.3 Å². The van der Waals surface area contributed by atoms with E-state index in [1.54, 1.807) is 47.0 Å². The fourth-order valence-corrected chi connectivity index (χ4v) is 3.84. The highest BCUT2D eigenvalue weighted by Crippen LogP contribution is 2.31. The molecule has 0 saturated heterocycles. The molecule has 4 rings (SSSR count). The lowest BCUT2D eigenvalue weighted by Gasteiger charge is -2.11. The zero-order valence-corrected chi connectivity index (χ0v) is 17.7. The van der Waals surface area contributed by atoms with Gasteiger partial charge in [0.25, 0.3) is 0 Å². The topological polar surface area (TPSA) is 59.8 Å². The molecule has 0 spiro atoms. The van der Waals surface area contributed by atoms with Crippen LogP contribution in [-0.4, -0.2) is 26.4 Å². The lowest BCUT2D eigenvalue weighted by atomic mass is 10.2. The lowest BCUT2D eigenvalue weighted by molar-refractivity contribution is -0.137. The number of nitrogens with zero attached hydrogens (tertiary/aromatic N) is 3. The lowest BCUT2D eigenvalue weighted by Crippen LogP contribution is -2.15. The molecular weight excluding hydrogens is 456 g/mol. The van der Waals surface area contributed by atoms with Crippen LogP contribution in [0.4, 0.5) is 23.2 Å². The number of hydrogen-bond acceptors (Lipinski definition) is 4. The molecule has 1 N–H and O–H groups in total. The summed E-state index contributed by atoms with van der Waals surface area (Å²) >= 11 is 1.03. The third-order valence-corrected chi connectivity index (χ3v) is 5.50. The molecule has 0 atom stereocenters. The third kappa shape index (κ3) is 5.23. The van der Waals surface area contributed by atoms with E-state index in [1.807, 2.05) is 6.07 Å². The van der Waals surface area contributed by atoms with Gasteiger partial charge in [0, 0.05) is 11.4 Å². The number of halogens is 4. The second-order valence-electron chi connectivity index (χ2n) is 6.87. The molecule has 10 heteroatoms. The normalized spacial score (nSPS) is 11.4. The van der Waals surface area contributed by atoms with Gasteiger partial charge in [-0.3, -0.25) is 9.36 Å². The van der Waals surface area contributed by atoms with Gasteiger partial charge in [-0.05, 0) is 42.5 Å². The molecule has 0 radical (unpaired) electrons. The number of aromatic nitrogens is 3. The summed E-state index contributed by atoms with van der Waals surface area (Å²) in [5, 5.41) is 11.0. The first kappa shape index (κ1) is 22.5. The van der Waals surface area contributed by atoms with Gasteiger partial charge in [0.05, 0.1) is 16.9 Å².